The van der Waals surface area contributed by atoms with Crippen LogP contribution in [-0.4, -0.2) is 5.91 Å². The Balaban J connectivity index is 1.77. The van der Waals surface area contributed by atoms with Gasteiger partial charge in [0, 0.05) is 26.9 Å². The minimum absolute atomic E-state index is 0.112. The van der Waals surface area contributed by atoms with E-state index in [1.807, 2.05) is 61.5 Å². The van der Waals surface area contributed by atoms with E-state index in [0.29, 0.717) is 23.0 Å². The molecule has 0 unspecified atom stereocenters. The molecule has 0 radical (unpaired) electrons. The summed E-state index contributed by atoms with van der Waals surface area (Å²) in [5, 5.41) is 3.49. The van der Waals surface area contributed by atoms with Crippen LogP contribution in [0.15, 0.2) is 59.1 Å². The Morgan fingerprint density at radius 3 is 2.50 bits per heavy atom. The summed E-state index contributed by atoms with van der Waals surface area (Å²) >= 11 is 10.3. The van der Waals surface area contributed by atoms with E-state index >= 15 is 0 Å². The summed E-state index contributed by atoms with van der Waals surface area (Å²) in [7, 11) is 0. The number of amides is 1. The molecule has 0 aliphatic carbocycles. The molecular weight excluding hydrogens is 486 g/mol. The van der Waals surface area contributed by atoms with E-state index in [-0.39, 0.29) is 11.3 Å². The maximum Gasteiger partial charge on any atom is 0.256 e. The number of fused-ring (bicyclic) bond motifs is 1. The highest BCUT2D eigenvalue weighted by Gasteiger charge is 2.28. The summed E-state index contributed by atoms with van der Waals surface area (Å²) in [6.07, 6.45) is 1.91. The molecule has 164 valence electrons. The molecule has 0 bridgehead atoms. The first kappa shape index (κ1) is 22.6. The van der Waals surface area contributed by atoms with Gasteiger partial charge in [0.25, 0.3) is 5.91 Å². The van der Waals surface area contributed by atoms with Crippen LogP contribution in [0.4, 0.5) is 5.69 Å². The Bertz CT molecular complexity index is 1230. The Hall–Kier alpha value is -2.56. The van der Waals surface area contributed by atoms with Gasteiger partial charge in [0.1, 0.15) is 12.4 Å². The van der Waals surface area contributed by atoms with E-state index in [1.54, 1.807) is 0 Å². The zero-order valence-electron chi connectivity index (χ0n) is 18.6. The Labute approximate surface area is 202 Å². The monoisotopic (exact) mass is 509 g/mol. The highest BCUT2D eigenvalue weighted by molar-refractivity contribution is 9.10. The fourth-order valence-electron chi connectivity index (χ4n) is 3.88. The summed E-state index contributed by atoms with van der Waals surface area (Å²) < 4.78 is 7.15. The van der Waals surface area contributed by atoms with Gasteiger partial charge >= 0.3 is 0 Å². The van der Waals surface area contributed by atoms with Crippen LogP contribution in [0.2, 0.25) is 5.02 Å². The van der Waals surface area contributed by atoms with Crippen LogP contribution in [0.1, 0.15) is 48.6 Å². The molecular formula is C27H25BrClNO2. The molecule has 0 saturated carbocycles. The number of hydrogen-bond acceptors (Lipinski definition) is 2. The van der Waals surface area contributed by atoms with E-state index in [0.717, 1.165) is 38.0 Å². The molecule has 0 atom stereocenters. The summed E-state index contributed by atoms with van der Waals surface area (Å²) in [5.41, 5.74) is 6.15. The normalized spacial score (nSPS) is 14.4. The highest BCUT2D eigenvalue weighted by atomic mass is 79.9. The Kier molecular flexibility index (Phi) is 6.19. The van der Waals surface area contributed by atoms with Crippen LogP contribution >= 0.6 is 27.5 Å². The molecule has 0 aromatic heterocycles. The molecule has 1 heterocycles. The van der Waals surface area contributed by atoms with Crippen LogP contribution in [0, 0.1) is 6.92 Å². The molecule has 3 nitrogen and oxygen atoms in total. The molecule has 1 aliphatic heterocycles. The van der Waals surface area contributed by atoms with Gasteiger partial charge in [0.2, 0.25) is 0 Å². The molecule has 3 aromatic rings. The second-order valence-electron chi connectivity index (χ2n) is 9.01. The van der Waals surface area contributed by atoms with Gasteiger partial charge in [-0.1, -0.05) is 78.6 Å². The van der Waals surface area contributed by atoms with Crippen molar-refractivity contribution in [2.45, 2.75) is 39.7 Å². The molecule has 1 aliphatic rings. The lowest BCUT2D eigenvalue weighted by Gasteiger charge is -2.24. The number of nitrogens with one attached hydrogen (secondary N) is 1. The number of benzene rings is 3. The molecule has 0 spiro atoms. The predicted molar refractivity (Wildman–Crippen MR) is 136 cm³/mol. The zero-order chi connectivity index (χ0) is 23.0. The van der Waals surface area contributed by atoms with Gasteiger partial charge in [-0.3, -0.25) is 4.79 Å². The van der Waals surface area contributed by atoms with Gasteiger partial charge in [-0.2, -0.15) is 0 Å². The third-order valence-electron chi connectivity index (χ3n) is 5.57. The van der Waals surface area contributed by atoms with Gasteiger partial charge in [-0.15, -0.1) is 0 Å². The highest BCUT2D eigenvalue weighted by Crippen LogP contribution is 2.42. The number of carbonyl (C=O) groups excluding carboxylic acids is 1. The van der Waals surface area contributed by atoms with Crippen LogP contribution < -0.4 is 10.1 Å². The average molecular weight is 511 g/mol. The molecule has 3 aromatic carbocycles. The summed E-state index contributed by atoms with van der Waals surface area (Å²) in [5.74, 6) is 0.569. The lowest BCUT2D eigenvalue weighted by molar-refractivity contribution is -0.110. The largest absolute Gasteiger partial charge is 0.487 e. The maximum absolute atomic E-state index is 12.7. The second-order valence-corrected chi connectivity index (χ2v) is 10.3. The van der Waals surface area contributed by atoms with Crippen molar-refractivity contribution in [1.82, 2.24) is 0 Å². The summed E-state index contributed by atoms with van der Waals surface area (Å²) in [4.78, 5) is 12.7. The third-order valence-corrected chi connectivity index (χ3v) is 6.71. The second kappa shape index (κ2) is 8.76. The molecule has 5 heteroatoms. The van der Waals surface area contributed by atoms with E-state index in [4.69, 9.17) is 16.3 Å². The number of carbonyl (C=O) groups is 1. The van der Waals surface area contributed by atoms with Gasteiger partial charge in [-0.25, -0.2) is 0 Å². The van der Waals surface area contributed by atoms with Crippen molar-refractivity contribution in [3.63, 3.8) is 0 Å². The molecule has 1 amide bonds. The van der Waals surface area contributed by atoms with Crippen molar-refractivity contribution in [2.75, 3.05) is 5.32 Å². The van der Waals surface area contributed by atoms with Crippen LogP contribution in [0.3, 0.4) is 0 Å². The van der Waals surface area contributed by atoms with Crippen LogP contribution in [-0.2, 0) is 16.8 Å². The third kappa shape index (κ3) is 4.48. The number of hydrogen-bond donors (Lipinski definition) is 1. The van der Waals surface area contributed by atoms with Gasteiger partial charge < -0.3 is 10.1 Å². The summed E-state index contributed by atoms with van der Waals surface area (Å²) in [6.45, 7) is 8.83. The first-order valence-electron chi connectivity index (χ1n) is 10.5. The standard InChI is InChI=1S/C27H25BrClNO2/c1-16-21(28)10-11-23-24(16)19(26(31)30-23)12-18-13-20(27(2,3)4)25(22(29)14-18)32-15-17-8-6-5-7-9-17/h5-14H,15H2,1-4H3,(H,30,31). The van der Waals surface area contributed by atoms with E-state index in [2.05, 4.69) is 48.1 Å². The minimum Gasteiger partial charge on any atom is -0.487 e. The van der Waals surface area contributed by atoms with Gasteiger partial charge in [0.15, 0.2) is 0 Å². The summed E-state index contributed by atoms with van der Waals surface area (Å²) in [6, 6.07) is 17.8. The fraction of sp³-hybridized carbons (Fsp3) is 0.222. The topological polar surface area (TPSA) is 38.3 Å². The fourth-order valence-corrected chi connectivity index (χ4v) is 4.49. The van der Waals surface area contributed by atoms with Gasteiger partial charge in [0.05, 0.1) is 5.02 Å². The average Bonchev–Trinajstić information content (AvgIpc) is 3.05. The molecule has 32 heavy (non-hydrogen) atoms. The van der Waals surface area contributed by atoms with Crippen molar-refractivity contribution in [1.29, 1.82) is 0 Å². The van der Waals surface area contributed by atoms with Crippen molar-refractivity contribution in [3.05, 3.63) is 91.9 Å². The van der Waals surface area contributed by atoms with E-state index < -0.39 is 0 Å². The predicted octanol–water partition coefficient (Wildman–Crippen LogP) is 7.78. The van der Waals surface area contributed by atoms with Crippen molar-refractivity contribution in [3.8, 4) is 5.75 Å². The SMILES string of the molecule is Cc1c(Br)ccc2c1C(=Cc1cc(Cl)c(OCc3ccccc3)c(C(C)(C)C)c1)C(=O)N2. The molecule has 0 saturated heterocycles. The van der Waals surface area contributed by atoms with Crippen molar-refractivity contribution >= 4 is 50.8 Å². The van der Waals surface area contributed by atoms with Gasteiger partial charge in [-0.05, 0) is 59.4 Å². The van der Waals surface area contributed by atoms with Crippen LogP contribution in [0.25, 0.3) is 11.6 Å². The van der Waals surface area contributed by atoms with E-state index in [9.17, 15) is 4.79 Å². The molecule has 1 N–H and O–H groups in total. The molecule has 4 rings (SSSR count). The quantitative estimate of drug-likeness (QED) is 0.364. The lowest BCUT2D eigenvalue weighted by Crippen LogP contribution is -2.14. The van der Waals surface area contributed by atoms with E-state index in [1.165, 1.54) is 0 Å². The molecule has 0 fully saturated rings. The number of ether oxygens (including phenoxy) is 1. The first-order valence-corrected chi connectivity index (χ1v) is 11.7. The Morgan fingerprint density at radius 2 is 1.81 bits per heavy atom. The maximum atomic E-state index is 12.7. The number of rotatable bonds is 4. The van der Waals surface area contributed by atoms with Crippen molar-refractivity contribution < 1.29 is 9.53 Å². The first-order chi connectivity index (χ1) is 15.1. The smallest absolute Gasteiger partial charge is 0.256 e. The Morgan fingerprint density at radius 1 is 1.09 bits per heavy atom. The van der Waals surface area contributed by atoms with Crippen LogP contribution in [0.5, 0.6) is 5.75 Å². The zero-order valence-corrected chi connectivity index (χ0v) is 20.9. The number of anilines is 1. The number of halogens is 2. The minimum atomic E-state index is -0.195. The lowest BCUT2D eigenvalue weighted by atomic mass is 9.85. The van der Waals surface area contributed by atoms with Crippen molar-refractivity contribution in [2.24, 2.45) is 0 Å².